The Morgan fingerprint density at radius 2 is 1.93 bits per heavy atom. The average molecular weight is 399 g/mol. The second-order valence-corrected chi connectivity index (χ2v) is 7.25. The van der Waals surface area contributed by atoms with Crippen molar-refractivity contribution in [2.75, 3.05) is 63.0 Å². The first-order chi connectivity index (χ1) is 14.4. The number of morpholine rings is 1. The Labute approximate surface area is 171 Å². The molecule has 4 rings (SSSR count). The largest absolute Gasteiger partial charge is 0.477 e. The lowest BCUT2D eigenvalue weighted by Crippen LogP contribution is -2.37. The SMILES string of the molecule is COCCCCCOc1nc(N2CCOCC2)nc2c1CCN2c1cccnc1. The smallest absolute Gasteiger partial charge is 0.230 e. The third-order valence-corrected chi connectivity index (χ3v) is 5.26. The van der Waals surface area contributed by atoms with E-state index in [1.807, 2.05) is 12.3 Å². The van der Waals surface area contributed by atoms with Gasteiger partial charge in [-0.25, -0.2) is 0 Å². The second-order valence-electron chi connectivity index (χ2n) is 7.25. The maximum absolute atomic E-state index is 6.15. The van der Waals surface area contributed by atoms with Crippen molar-refractivity contribution in [3.8, 4) is 5.88 Å². The predicted octanol–water partition coefficient (Wildman–Crippen LogP) is 2.60. The lowest BCUT2D eigenvalue weighted by Gasteiger charge is -2.28. The summed E-state index contributed by atoms with van der Waals surface area (Å²) in [5.41, 5.74) is 2.13. The molecule has 0 N–H and O–H groups in total. The number of pyridine rings is 1. The summed E-state index contributed by atoms with van der Waals surface area (Å²) in [7, 11) is 1.74. The van der Waals surface area contributed by atoms with Gasteiger partial charge in [0.25, 0.3) is 0 Å². The van der Waals surface area contributed by atoms with Gasteiger partial charge in [-0.05, 0) is 37.8 Å². The summed E-state index contributed by atoms with van der Waals surface area (Å²) >= 11 is 0. The van der Waals surface area contributed by atoms with E-state index < -0.39 is 0 Å². The summed E-state index contributed by atoms with van der Waals surface area (Å²) in [6.45, 7) is 5.29. The minimum absolute atomic E-state index is 0.655. The Bertz CT molecular complexity index is 783. The Hall–Kier alpha value is -2.45. The highest BCUT2D eigenvalue weighted by molar-refractivity contribution is 5.69. The van der Waals surface area contributed by atoms with E-state index in [0.29, 0.717) is 19.8 Å². The number of fused-ring (bicyclic) bond motifs is 1. The van der Waals surface area contributed by atoms with E-state index in [1.54, 1.807) is 13.3 Å². The van der Waals surface area contributed by atoms with Crippen LogP contribution >= 0.6 is 0 Å². The number of anilines is 3. The molecule has 0 aromatic carbocycles. The van der Waals surface area contributed by atoms with Crippen LogP contribution in [0.4, 0.5) is 17.5 Å². The molecule has 0 aliphatic carbocycles. The van der Waals surface area contributed by atoms with Gasteiger partial charge in [0.1, 0.15) is 5.82 Å². The van der Waals surface area contributed by atoms with E-state index >= 15 is 0 Å². The van der Waals surface area contributed by atoms with E-state index in [1.165, 1.54) is 0 Å². The van der Waals surface area contributed by atoms with E-state index in [0.717, 1.165) is 80.8 Å². The minimum atomic E-state index is 0.655. The maximum atomic E-state index is 6.15. The monoisotopic (exact) mass is 399 g/mol. The zero-order valence-corrected chi connectivity index (χ0v) is 17.0. The van der Waals surface area contributed by atoms with Crippen molar-refractivity contribution in [3.63, 3.8) is 0 Å². The Balaban J connectivity index is 1.56. The molecule has 8 heteroatoms. The van der Waals surface area contributed by atoms with Gasteiger partial charge >= 0.3 is 0 Å². The second kappa shape index (κ2) is 9.84. The summed E-state index contributed by atoms with van der Waals surface area (Å²) < 4.78 is 16.8. The average Bonchev–Trinajstić information content (AvgIpc) is 3.21. The van der Waals surface area contributed by atoms with Gasteiger partial charge in [0.2, 0.25) is 11.8 Å². The number of hydrogen-bond acceptors (Lipinski definition) is 8. The van der Waals surface area contributed by atoms with E-state index in [9.17, 15) is 0 Å². The van der Waals surface area contributed by atoms with Crippen molar-refractivity contribution < 1.29 is 14.2 Å². The summed E-state index contributed by atoms with van der Waals surface area (Å²) in [6, 6.07) is 4.02. The number of rotatable bonds is 9. The van der Waals surface area contributed by atoms with Crippen molar-refractivity contribution in [1.29, 1.82) is 0 Å². The minimum Gasteiger partial charge on any atom is -0.477 e. The fourth-order valence-corrected chi connectivity index (χ4v) is 3.70. The van der Waals surface area contributed by atoms with Gasteiger partial charge in [0.05, 0.1) is 37.3 Å². The molecule has 1 fully saturated rings. The first-order valence-corrected chi connectivity index (χ1v) is 10.4. The maximum Gasteiger partial charge on any atom is 0.230 e. The van der Waals surface area contributed by atoms with Crippen molar-refractivity contribution in [2.45, 2.75) is 25.7 Å². The number of hydrogen-bond donors (Lipinski definition) is 0. The van der Waals surface area contributed by atoms with Crippen LogP contribution < -0.4 is 14.5 Å². The van der Waals surface area contributed by atoms with Crippen LogP contribution in [0.5, 0.6) is 5.88 Å². The third kappa shape index (κ3) is 4.76. The van der Waals surface area contributed by atoms with Crippen LogP contribution in [0.2, 0.25) is 0 Å². The molecule has 2 aromatic rings. The number of ether oxygens (including phenoxy) is 3. The van der Waals surface area contributed by atoms with Crippen molar-refractivity contribution >= 4 is 17.5 Å². The van der Waals surface area contributed by atoms with E-state index in [4.69, 9.17) is 24.2 Å². The molecule has 0 saturated carbocycles. The molecule has 4 heterocycles. The Morgan fingerprint density at radius 3 is 2.72 bits per heavy atom. The summed E-state index contributed by atoms with van der Waals surface area (Å²) in [4.78, 5) is 18.4. The highest BCUT2D eigenvalue weighted by Gasteiger charge is 2.29. The molecule has 0 spiro atoms. The molecule has 2 aromatic heterocycles. The molecule has 0 amide bonds. The van der Waals surface area contributed by atoms with Crippen LogP contribution in [0.25, 0.3) is 0 Å². The van der Waals surface area contributed by atoms with Crippen LogP contribution in [-0.4, -0.2) is 68.1 Å². The molecule has 2 aliphatic rings. The molecule has 0 bridgehead atoms. The van der Waals surface area contributed by atoms with Crippen LogP contribution in [0.15, 0.2) is 24.5 Å². The predicted molar refractivity (Wildman–Crippen MR) is 111 cm³/mol. The molecular formula is C21H29N5O3. The van der Waals surface area contributed by atoms with Gasteiger partial charge in [-0.1, -0.05) is 0 Å². The molecule has 0 radical (unpaired) electrons. The van der Waals surface area contributed by atoms with Gasteiger partial charge in [0.15, 0.2) is 0 Å². The fourth-order valence-electron chi connectivity index (χ4n) is 3.70. The van der Waals surface area contributed by atoms with Crippen molar-refractivity contribution in [2.24, 2.45) is 0 Å². The zero-order valence-electron chi connectivity index (χ0n) is 17.0. The number of unbranched alkanes of at least 4 members (excludes halogenated alkanes) is 2. The first-order valence-electron chi connectivity index (χ1n) is 10.4. The quantitative estimate of drug-likeness (QED) is 0.596. The molecule has 2 aliphatic heterocycles. The lowest BCUT2D eigenvalue weighted by molar-refractivity contribution is 0.122. The van der Waals surface area contributed by atoms with Crippen LogP contribution in [0.1, 0.15) is 24.8 Å². The van der Waals surface area contributed by atoms with E-state index in [-0.39, 0.29) is 0 Å². The van der Waals surface area contributed by atoms with Crippen LogP contribution in [-0.2, 0) is 15.9 Å². The lowest BCUT2D eigenvalue weighted by atomic mass is 10.2. The number of aromatic nitrogens is 3. The first kappa shape index (κ1) is 19.8. The Morgan fingerprint density at radius 1 is 1.07 bits per heavy atom. The topological polar surface area (TPSA) is 72.8 Å². The summed E-state index contributed by atoms with van der Waals surface area (Å²) in [5.74, 6) is 2.37. The standard InChI is InChI=1S/C21H29N5O3/c1-27-12-3-2-4-13-29-20-18-7-9-26(17-6-5-8-22-16-17)19(18)23-21(24-20)25-10-14-28-15-11-25/h5-6,8,16H,2-4,7,9-15H2,1H3. The summed E-state index contributed by atoms with van der Waals surface area (Å²) in [6.07, 6.45) is 7.66. The van der Waals surface area contributed by atoms with Crippen molar-refractivity contribution in [1.82, 2.24) is 15.0 Å². The Kier molecular flexibility index (Phi) is 6.74. The van der Waals surface area contributed by atoms with Gasteiger partial charge in [-0.2, -0.15) is 9.97 Å². The highest BCUT2D eigenvalue weighted by atomic mass is 16.5. The van der Waals surface area contributed by atoms with Crippen molar-refractivity contribution in [3.05, 3.63) is 30.1 Å². The fraction of sp³-hybridized carbons (Fsp3) is 0.571. The van der Waals surface area contributed by atoms with Gasteiger partial charge in [-0.3, -0.25) is 4.98 Å². The molecule has 0 atom stereocenters. The molecular weight excluding hydrogens is 370 g/mol. The van der Waals surface area contributed by atoms with Gasteiger partial charge in [-0.15, -0.1) is 0 Å². The third-order valence-electron chi connectivity index (χ3n) is 5.26. The van der Waals surface area contributed by atoms with Gasteiger partial charge in [0, 0.05) is 39.5 Å². The normalized spacial score (nSPS) is 16.2. The molecule has 29 heavy (non-hydrogen) atoms. The summed E-state index contributed by atoms with van der Waals surface area (Å²) in [5, 5.41) is 0. The molecule has 8 nitrogen and oxygen atoms in total. The van der Waals surface area contributed by atoms with Crippen LogP contribution in [0, 0.1) is 0 Å². The van der Waals surface area contributed by atoms with Gasteiger partial charge < -0.3 is 24.0 Å². The number of methoxy groups -OCH3 is 1. The van der Waals surface area contributed by atoms with Crippen LogP contribution in [0.3, 0.4) is 0 Å². The van der Waals surface area contributed by atoms with E-state index in [2.05, 4.69) is 20.9 Å². The zero-order chi connectivity index (χ0) is 19.9. The highest BCUT2D eigenvalue weighted by Crippen LogP contribution is 2.38. The number of nitrogens with zero attached hydrogens (tertiary/aromatic N) is 5. The molecule has 156 valence electrons. The molecule has 0 unspecified atom stereocenters. The molecule has 1 saturated heterocycles.